The molecule has 0 amide bonds. The van der Waals surface area contributed by atoms with E-state index < -0.39 is 11.6 Å². The number of halogens is 2. The van der Waals surface area contributed by atoms with Crippen molar-refractivity contribution in [1.29, 1.82) is 0 Å². The van der Waals surface area contributed by atoms with Gasteiger partial charge >= 0.3 is 0 Å². The molecule has 0 aromatic heterocycles. The van der Waals surface area contributed by atoms with Crippen molar-refractivity contribution in [2.75, 3.05) is 0 Å². The van der Waals surface area contributed by atoms with Crippen molar-refractivity contribution in [2.45, 2.75) is 19.4 Å². The summed E-state index contributed by atoms with van der Waals surface area (Å²) in [5.74, 6) is -1.81. The Morgan fingerprint density at radius 3 is 3.00 bits per heavy atom. The van der Waals surface area contributed by atoms with Gasteiger partial charge in [0.05, 0.1) is 0 Å². The summed E-state index contributed by atoms with van der Waals surface area (Å²) in [7, 11) is 0. The molecular formula is C9H9F2NO. The second-order valence-corrected chi connectivity index (χ2v) is 3.17. The van der Waals surface area contributed by atoms with Crippen LogP contribution in [0.2, 0.25) is 0 Å². The lowest BCUT2D eigenvalue weighted by atomic mass is 10.1. The minimum absolute atomic E-state index is 0.0156. The third-order valence-electron chi connectivity index (χ3n) is 2.02. The van der Waals surface area contributed by atoms with Crippen molar-refractivity contribution >= 4 is 0 Å². The van der Waals surface area contributed by atoms with Crippen molar-refractivity contribution in [3.05, 3.63) is 29.3 Å². The van der Waals surface area contributed by atoms with E-state index in [4.69, 9.17) is 4.84 Å². The van der Waals surface area contributed by atoms with Crippen LogP contribution in [0.3, 0.4) is 0 Å². The van der Waals surface area contributed by atoms with Gasteiger partial charge in [-0.1, -0.05) is 6.07 Å². The van der Waals surface area contributed by atoms with Crippen LogP contribution in [-0.4, -0.2) is 6.04 Å². The molecule has 1 aliphatic rings. The number of fused-ring (bicyclic) bond motifs is 1. The second kappa shape index (κ2) is 2.96. The Kier molecular flexibility index (Phi) is 1.92. The maximum absolute atomic E-state index is 13.1. The molecule has 0 radical (unpaired) electrons. The van der Waals surface area contributed by atoms with E-state index in [1.54, 1.807) is 6.07 Å². The van der Waals surface area contributed by atoms with Crippen LogP contribution >= 0.6 is 0 Å². The number of hydroxylamine groups is 1. The highest BCUT2D eigenvalue weighted by Gasteiger charge is 2.21. The molecule has 70 valence electrons. The van der Waals surface area contributed by atoms with Gasteiger partial charge in [0.15, 0.2) is 11.6 Å². The molecule has 0 saturated carbocycles. The minimum atomic E-state index is -0.920. The van der Waals surface area contributed by atoms with Crippen molar-refractivity contribution < 1.29 is 13.6 Å². The Morgan fingerprint density at radius 1 is 1.46 bits per heavy atom. The van der Waals surface area contributed by atoms with E-state index in [0.29, 0.717) is 12.0 Å². The van der Waals surface area contributed by atoms with Crippen LogP contribution in [0.15, 0.2) is 12.1 Å². The minimum Gasteiger partial charge on any atom is -0.405 e. The quantitative estimate of drug-likeness (QED) is 0.665. The molecule has 1 N–H and O–H groups in total. The van der Waals surface area contributed by atoms with Crippen LogP contribution in [0.5, 0.6) is 5.75 Å². The molecule has 1 aliphatic heterocycles. The van der Waals surface area contributed by atoms with E-state index in [2.05, 4.69) is 5.48 Å². The first-order chi connectivity index (χ1) is 6.18. The zero-order valence-electron chi connectivity index (χ0n) is 7.10. The summed E-state index contributed by atoms with van der Waals surface area (Å²) in [6.07, 6.45) is 0.645. The Hall–Kier alpha value is -1.16. The van der Waals surface area contributed by atoms with Gasteiger partial charge in [0.2, 0.25) is 5.82 Å². The molecule has 1 atom stereocenters. The molecule has 0 saturated heterocycles. The van der Waals surface area contributed by atoms with Crippen LogP contribution in [0, 0.1) is 11.6 Å². The molecule has 0 unspecified atom stereocenters. The average Bonchev–Trinajstić information content (AvgIpc) is 2.12. The highest BCUT2D eigenvalue weighted by Crippen LogP contribution is 2.28. The summed E-state index contributed by atoms with van der Waals surface area (Å²) < 4.78 is 25.8. The molecule has 0 spiro atoms. The van der Waals surface area contributed by atoms with E-state index in [-0.39, 0.29) is 11.8 Å². The summed E-state index contributed by atoms with van der Waals surface area (Å²) >= 11 is 0. The van der Waals surface area contributed by atoms with Gasteiger partial charge in [-0.3, -0.25) is 0 Å². The Morgan fingerprint density at radius 2 is 2.23 bits per heavy atom. The number of benzene rings is 1. The van der Waals surface area contributed by atoms with Crippen LogP contribution in [0.1, 0.15) is 12.5 Å². The molecule has 4 heteroatoms. The standard InChI is InChI=1S/C9H9F2NO/c1-5-4-6-2-3-7(10)8(11)9(6)13-12-5/h2-3,5,12H,4H2,1H3/t5-/m1/s1. The van der Waals surface area contributed by atoms with E-state index in [1.807, 2.05) is 6.92 Å². The average molecular weight is 185 g/mol. The number of hydrogen-bond donors (Lipinski definition) is 1. The lowest BCUT2D eigenvalue weighted by Gasteiger charge is -2.23. The lowest BCUT2D eigenvalue weighted by Crippen LogP contribution is -2.36. The molecular weight excluding hydrogens is 176 g/mol. The molecule has 13 heavy (non-hydrogen) atoms. The fourth-order valence-electron chi connectivity index (χ4n) is 1.37. The third kappa shape index (κ3) is 1.37. The summed E-state index contributed by atoms with van der Waals surface area (Å²) in [5, 5.41) is 0. The van der Waals surface area contributed by atoms with Crippen LogP contribution < -0.4 is 10.3 Å². The van der Waals surface area contributed by atoms with Gasteiger partial charge in [-0.15, -0.1) is 0 Å². The predicted octanol–water partition coefficient (Wildman–Crippen LogP) is 1.79. The van der Waals surface area contributed by atoms with Crippen LogP contribution in [0.4, 0.5) is 8.78 Å². The Bertz CT molecular complexity index is 341. The zero-order valence-corrected chi connectivity index (χ0v) is 7.10. The summed E-state index contributed by atoms with van der Waals surface area (Å²) in [6, 6.07) is 2.79. The monoisotopic (exact) mass is 185 g/mol. The van der Waals surface area contributed by atoms with Gasteiger partial charge in [0, 0.05) is 11.6 Å². The first-order valence-electron chi connectivity index (χ1n) is 4.07. The van der Waals surface area contributed by atoms with E-state index in [1.165, 1.54) is 0 Å². The first kappa shape index (κ1) is 8.44. The highest BCUT2D eigenvalue weighted by molar-refractivity contribution is 5.37. The maximum Gasteiger partial charge on any atom is 0.203 e. The second-order valence-electron chi connectivity index (χ2n) is 3.17. The van der Waals surface area contributed by atoms with Gasteiger partial charge in [0.1, 0.15) is 0 Å². The first-order valence-corrected chi connectivity index (χ1v) is 4.07. The van der Waals surface area contributed by atoms with Crippen LogP contribution in [-0.2, 0) is 6.42 Å². The van der Waals surface area contributed by atoms with Crippen molar-refractivity contribution in [3.8, 4) is 5.75 Å². The maximum atomic E-state index is 13.1. The van der Waals surface area contributed by atoms with Gasteiger partial charge in [0.25, 0.3) is 0 Å². The van der Waals surface area contributed by atoms with Crippen LogP contribution in [0.25, 0.3) is 0 Å². The number of hydrogen-bond acceptors (Lipinski definition) is 2. The highest BCUT2D eigenvalue weighted by atomic mass is 19.2. The zero-order chi connectivity index (χ0) is 9.42. The van der Waals surface area contributed by atoms with E-state index in [0.717, 1.165) is 6.07 Å². The largest absolute Gasteiger partial charge is 0.405 e. The van der Waals surface area contributed by atoms with Gasteiger partial charge in [-0.25, -0.2) is 4.39 Å². The summed E-state index contributed by atoms with van der Waals surface area (Å²) in [4.78, 5) is 4.88. The normalized spacial score (nSPS) is 20.7. The Balaban J connectivity index is 2.47. The molecule has 0 aliphatic carbocycles. The number of rotatable bonds is 0. The topological polar surface area (TPSA) is 21.3 Å². The fraction of sp³-hybridized carbons (Fsp3) is 0.333. The molecule has 1 aromatic rings. The van der Waals surface area contributed by atoms with Crippen molar-refractivity contribution in [3.63, 3.8) is 0 Å². The molecule has 0 fully saturated rings. The Labute approximate surface area is 74.5 Å². The van der Waals surface area contributed by atoms with Crippen molar-refractivity contribution in [1.82, 2.24) is 5.48 Å². The molecule has 0 bridgehead atoms. The van der Waals surface area contributed by atoms with E-state index >= 15 is 0 Å². The SMILES string of the molecule is C[C@@H]1Cc2ccc(F)c(F)c2ON1. The van der Waals surface area contributed by atoms with Gasteiger partial charge < -0.3 is 4.84 Å². The molecule has 2 nitrogen and oxygen atoms in total. The summed E-state index contributed by atoms with van der Waals surface area (Å²) in [5.41, 5.74) is 3.30. The van der Waals surface area contributed by atoms with Gasteiger partial charge in [-0.05, 0) is 19.4 Å². The lowest BCUT2D eigenvalue weighted by molar-refractivity contribution is 0.132. The van der Waals surface area contributed by atoms with Gasteiger partial charge in [-0.2, -0.15) is 9.87 Å². The van der Waals surface area contributed by atoms with Crippen molar-refractivity contribution in [2.24, 2.45) is 0 Å². The third-order valence-corrected chi connectivity index (χ3v) is 2.02. The van der Waals surface area contributed by atoms with E-state index in [9.17, 15) is 8.78 Å². The number of nitrogens with one attached hydrogen (secondary N) is 1. The molecule has 1 aromatic carbocycles. The smallest absolute Gasteiger partial charge is 0.203 e. The molecule has 1 heterocycles. The molecule has 2 rings (SSSR count). The fourth-order valence-corrected chi connectivity index (χ4v) is 1.37. The summed E-state index contributed by atoms with van der Waals surface area (Å²) in [6.45, 7) is 1.91. The predicted molar refractivity (Wildman–Crippen MR) is 43.3 cm³/mol.